The third-order valence-corrected chi connectivity index (χ3v) is 3.28. The SMILES string of the molecule is C1COCC[NH2+]1.O=[N+]([O-])c1c([O-])c(Cl)cc(Cl)c1Cl. The molecule has 0 atom stereocenters. The number of nitro groups is 1. The van der Waals surface area contributed by atoms with Gasteiger partial charge in [-0.25, -0.2) is 0 Å². The fourth-order valence-corrected chi connectivity index (χ4v) is 1.97. The molecule has 6 nitrogen and oxygen atoms in total. The number of nitro benzene ring substituents is 1. The summed E-state index contributed by atoms with van der Waals surface area (Å²) in [6, 6.07) is 1.07. The lowest BCUT2D eigenvalue weighted by Gasteiger charge is -2.10. The largest absolute Gasteiger partial charge is 0.867 e. The Morgan fingerprint density at radius 1 is 1.21 bits per heavy atom. The zero-order valence-electron chi connectivity index (χ0n) is 9.70. The molecule has 0 bridgehead atoms. The predicted octanol–water partition coefficient (Wildman–Crippen LogP) is 1.21. The molecule has 19 heavy (non-hydrogen) atoms. The highest BCUT2D eigenvalue weighted by Gasteiger charge is 2.18. The van der Waals surface area contributed by atoms with Gasteiger partial charge in [0, 0.05) is 5.02 Å². The van der Waals surface area contributed by atoms with E-state index in [2.05, 4.69) is 5.32 Å². The fourth-order valence-electron chi connectivity index (χ4n) is 1.31. The zero-order valence-corrected chi connectivity index (χ0v) is 12.0. The Morgan fingerprint density at radius 3 is 2.16 bits per heavy atom. The van der Waals surface area contributed by atoms with Crippen LogP contribution in [0.2, 0.25) is 15.1 Å². The van der Waals surface area contributed by atoms with Crippen LogP contribution in [0.5, 0.6) is 5.75 Å². The van der Waals surface area contributed by atoms with E-state index in [1.54, 1.807) is 0 Å². The number of morpholine rings is 1. The Labute approximate surface area is 124 Å². The summed E-state index contributed by atoms with van der Waals surface area (Å²) in [5.74, 6) is -0.930. The molecule has 1 aromatic rings. The number of rotatable bonds is 1. The van der Waals surface area contributed by atoms with Crippen LogP contribution in [0.4, 0.5) is 5.69 Å². The molecule has 106 valence electrons. The number of halogens is 3. The lowest BCUT2D eigenvalue weighted by Crippen LogP contribution is -2.87. The number of benzene rings is 1. The Morgan fingerprint density at radius 2 is 1.79 bits per heavy atom. The molecule has 2 N–H and O–H groups in total. The highest BCUT2D eigenvalue weighted by Crippen LogP contribution is 2.41. The van der Waals surface area contributed by atoms with Gasteiger partial charge in [-0.05, 0) is 11.8 Å². The van der Waals surface area contributed by atoms with Crippen molar-refractivity contribution >= 4 is 40.5 Å². The molecule has 0 aromatic heterocycles. The van der Waals surface area contributed by atoms with Crippen molar-refractivity contribution in [3.8, 4) is 5.75 Å². The first kappa shape index (κ1) is 16.3. The van der Waals surface area contributed by atoms with Crippen LogP contribution < -0.4 is 10.4 Å². The molecule has 1 fully saturated rings. The van der Waals surface area contributed by atoms with Crippen molar-refractivity contribution < 1.29 is 20.1 Å². The molecule has 9 heteroatoms. The summed E-state index contributed by atoms with van der Waals surface area (Å²) in [5.41, 5.74) is -0.792. The smallest absolute Gasteiger partial charge is 0.283 e. The van der Waals surface area contributed by atoms with Crippen molar-refractivity contribution in [3.63, 3.8) is 0 Å². The maximum atomic E-state index is 11.1. The molecule has 0 saturated carbocycles. The lowest BCUT2D eigenvalue weighted by atomic mass is 10.3. The molecular weight excluding hydrogens is 318 g/mol. The van der Waals surface area contributed by atoms with Gasteiger partial charge in [-0.1, -0.05) is 34.8 Å². The van der Waals surface area contributed by atoms with Gasteiger partial charge in [0.25, 0.3) is 5.69 Å². The molecule has 0 amide bonds. The van der Waals surface area contributed by atoms with Crippen molar-refractivity contribution in [2.75, 3.05) is 26.3 Å². The molecule has 2 rings (SSSR count). The van der Waals surface area contributed by atoms with Gasteiger partial charge in [-0.2, -0.15) is 0 Å². The third kappa shape index (κ3) is 4.67. The van der Waals surface area contributed by atoms with E-state index in [1.165, 1.54) is 0 Å². The van der Waals surface area contributed by atoms with E-state index < -0.39 is 16.4 Å². The second kappa shape index (κ2) is 7.72. The molecule has 0 spiro atoms. The topological polar surface area (TPSA) is 92.0 Å². The first-order chi connectivity index (χ1) is 8.95. The van der Waals surface area contributed by atoms with Gasteiger partial charge >= 0.3 is 0 Å². The molecule has 0 unspecified atom stereocenters. The quantitative estimate of drug-likeness (QED) is 0.476. The van der Waals surface area contributed by atoms with E-state index in [4.69, 9.17) is 39.5 Å². The average molecular weight is 330 g/mol. The molecule has 1 aromatic carbocycles. The number of quaternary nitrogens is 1. The molecule has 0 radical (unpaired) electrons. The zero-order chi connectivity index (χ0) is 14.4. The van der Waals surface area contributed by atoms with Gasteiger partial charge in [0.1, 0.15) is 5.02 Å². The highest BCUT2D eigenvalue weighted by atomic mass is 35.5. The number of hydrogen-bond donors (Lipinski definition) is 1. The van der Waals surface area contributed by atoms with Crippen LogP contribution in [0, 0.1) is 10.1 Å². The Balaban J connectivity index is 0.000000250. The fraction of sp³-hybridized carbons (Fsp3) is 0.400. The first-order valence-electron chi connectivity index (χ1n) is 5.33. The Hall–Kier alpha value is -0.790. The van der Waals surface area contributed by atoms with Gasteiger partial charge in [-0.3, -0.25) is 10.1 Å². The minimum atomic E-state index is -0.930. The van der Waals surface area contributed by atoms with E-state index in [0.717, 1.165) is 32.4 Å². The normalized spacial score (nSPS) is 14.5. The predicted molar refractivity (Wildman–Crippen MR) is 70.1 cm³/mol. The summed E-state index contributed by atoms with van der Waals surface area (Å²) in [5, 5.41) is 22.9. The highest BCUT2D eigenvalue weighted by molar-refractivity contribution is 6.45. The summed E-state index contributed by atoms with van der Waals surface area (Å²) in [6.07, 6.45) is 0. The van der Waals surface area contributed by atoms with Crippen molar-refractivity contribution in [3.05, 3.63) is 31.2 Å². The third-order valence-electron chi connectivity index (χ3n) is 2.22. The number of nitrogens with zero attached hydrogens (tertiary/aromatic N) is 1. The average Bonchev–Trinajstić information content (AvgIpc) is 2.39. The molecule has 1 heterocycles. The monoisotopic (exact) mass is 328 g/mol. The van der Waals surface area contributed by atoms with Crippen LogP contribution in [0.1, 0.15) is 0 Å². The first-order valence-corrected chi connectivity index (χ1v) is 6.46. The lowest BCUT2D eigenvalue weighted by molar-refractivity contribution is -0.670. The molecule has 1 aliphatic rings. The van der Waals surface area contributed by atoms with Crippen LogP contribution >= 0.6 is 34.8 Å². The molecule has 1 saturated heterocycles. The van der Waals surface area contributed by atoms with Crippen molar-refractivity contribution in [1.82, 2.24) is 0 Å². The second-order valence-corrected chi connectivity index (χ2v) is 4.76. The van der Waals surface area contributed by atoms with Crippen molar-refractivity contribution in [1.29, 1.82) is 0 Å². The standard InChI is InChI=1S/C6H2Cl3NO3.C4H9NO/c7-2-1-3(8)6(11)5(4(2)9)10(12)13;1-3-6-4-2-5-1/h1,11H;5H,1-4H2. The van der Waals surface area contributed by atoms with Gasteiger partial charge in [-0.15, -0.1) is 0 Å². The van der Waals surface area contributed by atoms with Crippen LogP contribution in [-0.2, 0) is 4.74 Å². The summed E-state index contributed by atoms with van der Waals surface area (Å²) in [4.78, 5) is 9.44. The minimum absolute atomic E-state index is 0.113. The Kier molecular flexibility index (Phi) is 6.60. The molecule has 0 aliphatic carbocycles. The second-order valence-electron chi connectivity index (χ2n) is 3.57. The maximum Gasteiger partial charge on any atom is 0.283 e. The van der Waals surface area contributed by atoms with E-state index in [1.807, 2.05) is 0 Å². The van der Waals surface area contributed by atoms with Crippen molar-refractivity contribution in [2.45, 2.75) is 0 Å². The number of hydrogen-bond acceptors (Lipinski definition) is 4. The van der Waals surface area contributed by atoms with Crippen LogP contribution in [0.15, 0.2) is 6.07 Å². The number of ether oxygens (including phenoxy) is 1. The molecular formula is C10H11Cl3N2O4. The number of nitrogens with two attached hydrogens (primary N) is 1. The van der Waals surface area contributed by atoms with Gasteiger partial charge in [0.05, 0.1) is 36.2 Å². The summed E-state index contributed by atoms with van der Waals surface area (Å²) in [7, 11) is 0. The van der Waals surface area contributed by atoms with Gasteiger partial charge in [0.2, 0.25) is 0 Å². The molecule has 1 aliphatic heterocycles. The summed E-state index contributed by atoms with van der Waals surface area (Å²) < 4.78 is 5.04. The van der Waals surface area contributed by atoms with Crippen LogP contribution in [-0.4, -0.2) is 31.2 Å². The van der Waals surface area contributed by atoms with Crippen LogP contribution in [0.3, 0.4) is 0 Å². The maximum absolute atomic E-state index is 11.1. The summed E-state index contributed by atoms with van der Waals surface area (Å²) in [6.45, 7) is 4.19. The Bertz CT molecular complexity index is 429. The van der Waals surface area contributed by atoms with Crippen LogP contribution in [0.25, 0.3) is 0 Å². The van der Waals surface area contributed by atoms with E-state index in [-0.39, 0.29) is 15.1 Å². The van der Waals surface area contributed by atoms with Gasteiger partial charge in [0.15, 0.2) is 0 Å². The van der Waals surface area contributed by atoms with Crippen molar-refractivity contribution in [2.24, 2.45) is 0 Å². The van der Waals surface area contributed by atoms with E-state index in [0.29, 0.717) is 0 Å². The van der Waals surface area contributed by atoms with E-state index >= 15 is 0 Å². The van der Waals surface area contributed by atoms with E-state index in [9.17, 15) is 15.2 Å². The summed E-state index contributed by atoms with van der Waals surface area (Å²) >= 11 is 16.3. The van der Waals surface area contributed by atoms with Gasteiger partial charge < -0.3 is 15.2 Å². The minimum Gasteiger partial charge on any atom is -0.867 e.